The van der Waals surface area contributed by atoms with Crippen molar-refractivity contribution in [3.63, 3.8) is 0 Å². The highest BCUT2D eigenvalue weighted by Gasteiger charge is 2.05. The van der Waals surface area contributed by atoms with E-state index >= 15 is 0 Å². The number of methoxy groups -OCH3 is 2. The molecule has 0 bridgehead atoms. The van der Waals surface area contributed by atoms with E-state index < -0.39 is 0 Å². The standard InChI is InChI=1S/C13H15N3O2/c1-17-10-4-5-11(12(7-10)18-2)16-9-3-6-13(14)15-8-9/h3-8,16H,1-2H3,(H2,14,15). The second-order valence-corrected chi connectivity index (χ2v) is 3.66. The number of hydrogen-bond acceptors (Lipinski definition) is 5. The van der Waals surface area contributed by atoms with E-state index in [-0.39, 0.29) is 0 Å². The molecule has 2 rings (SSSR count). The summed E-state index contributed by atoms with van der Waals surface area (Å²) in [4.78, 5) is 4.01. The van der Waals surface area contributed by atoms with Gasteiger partial charge in [0.1, 0.15) is 17.3 Å². The van der Waals surface area contributed by atoms with E-state index in [0.717, 1.165) is 17.1 Å². The number of nitrogens with one attached hydrogen (secondary N) is 1. The van der Waals surface area contributed by atoms with Gasteiger partial charge in [0.15, 0.2) is 0 Å². The third kappa shape index (κ3) is 2.63. The van der Waals surface area contributed by atoms with E-state index in [2.05, 4.69) is 10.3 Å². The highest BCUT2D eigenvalue weighted by Crippen LogP contribution is 2.31. The van der Waals surface area contributed by atoms with Gasteiger partial charge in [0.25, 0.3) is 0 Å². The van der Waals surface area contributed by atoms with Crippen molar-refractivity contribution in [1.82, 2.24) is 4.98 Å². The molecule has 0 aliphatic heterocycles. The van der Waals surface area contributed by atoms with Crippen LogP contribution in [0.3, 0.4) is 0 Å². The van der Waals surface area contributed by atoms with E-state index in [0.29, 0.717) is 11.6 Å². The summed E-state index contributed by atoms with van der Waals surface area (Å²) in [6.07, 6.45) is 1.67. The zero-order valence-corrected chi connectivity index (χ0v) is 10.3. The van der Waals surface area contributed by atoms with Crippen LogP contribution in [0, 0.1) is 0 Å². The van der Waals surface area contributed by atoms with E-state index in [1.165, 1.54) is 0 Å². The van der Waals surface area contributed by atoms with Gasteiger partial charge in [0, 0.05) is 6.07 Å². The number of anilines is 3. The number of nitrogen functional groups attached to an aromatic ring is 1. The Balaban J connectivity index is 2.25. The van der Waals surface area contributed by atoms with Gasteiger partial charge in [-0.25, -0.2) is 4.98 Å². The number of ether oxygens (including phenoxy) is 2. The van der Waals surface area contributed by atoms with Gasteiger partial charge in [0.2, 0.25) is 0 Å². The maximum Gasteiger partial charge on any atom is 0.145 e. The molecule has 0 saturated heterocycles. The second kappa shape index (κ2) is 5.27. The molecule has 0 radical (unpaired) electrons. The van der Waals surface area contributed by atoms with Crippen LogP contribution >= 0.6 is 0 Å². The van der Waals surface area contributed by atoms with Gasteiger partial charge in [-0.15, -0.1) is 0 Å². The minimum atomic E-state index is 0.488. The Hall–Kier alpha value is -2.43. The third-order valence-electron chi connectivity index (χ3n) is 2.47. The summed E-state index contributed by atoms with van der Waals surface area (Å²) in [7, 11) is 3.23. The summed E-state index contributed by atoms with van der Waals surface area (Å²) in [5.41, 5.74) is 7.21. The predicted octanol–water partition coefficient (Wildman–Crippen LogP) is 2.42. The number of benzene rings is 1. The van der Waals surface area contributed by atoms with Crippen LogP contribution in [-0.4, -0.2) is 19.2 Å². The van der Waals surface area contributed by atoms with Gasteiger partial charge < -0.3 is 20.5 Å². The molecule has 0 aliphatic rings. The first-order valence-electron chi connectivity index (χ1n) is 5.43. The van der Waals surface area contributed by atoms with Crippen LogP contribution in [0.25, 0.3) is 0 Å². The van der Waals surface area contributed by atoms with E-state index in [4.69, 9.17) is 15.2 Å². The number of hydrogen-bond donors (Lipinski definition) is 2. The molecule has 94 valence electrons. The molecule has 18 heavy (non-hydrogen) atoms. The lowest BCUT2D eigenvalue weighted by Crippen LogP contribution is -1.97. The Labute approximate surface area is 106 Å². The number of nitrogens with two attached hydrogens (primary N) is 1. The lowest BCUT2D eigenvalue weighted by Gasteiger charge is -2.12. The van der Waals surface area contributed by atoms with E-state index in [9.17, 15) is 0 Å². The maximum absolute atomic E-state index is 5.53. The molecule has 0 aliphatic carbocycles. The number of rotatable bonds is 4. The predicted molar refractivity (Wildman–Crippen MR) is 71.5 cm³/mol. The summed E-state index contributed by atoms with van der Waals surface area (Å²) in [5, 5.41) is 3.20. The quantitative estimate of drug-likeness (QED) is 0.865. The molecule has 1 aromatic heterocycles. The van der Waals surface area contributed by atoms with Crippen molar-refractivity contribution in [2.45, 2.75) is 0 Å². The molecule has 0 fully saturated rings. The van der Waals surface area contributed by atoms with Gasteiger partial charge in [-0.2, -0.15) is 0 Å². The summed E-state index contributed by atoms with van der Waals surface area (Å²) in [6, 6.07) is 9.14. The normalized spacial score (nSPS) is 9.89. The van der Waals surface area contributed by atoms with Crippen LogP contribution in [0.5, 0.6) is 11.5 Å². The highest BCUT2D eigenvalue weighted by molar-refractivity contribution is 5.67. The van der Waals surface area contributed by atoms with Crippen molar-refractivity contribution in [2.75, 3.05) is 25.3 Å². The lowest BCUT2D eigenvalue weighted by molar-refractivity contribution is 0.395. The number of nitrogens with zero attached hydrogens (tertiary/aromatic N) is 1. The first-order chi connectivity index (χ1) is 8.72. The molecule has 5 nitrogen and oxygen atoms in total. The minimum Gasteiger partial charge on any atom is -0.497 e. The van der Waals surface area contributed by atoms with E-state index in [1.807, 2.05) is 24.3 Å². The highest BCUT2D eigenvalue weighted by atomic mass is 16.5. The van der Waals surface area contributed by atoms with Gasteiger partial charge >= 0.3 is 0 Å². The third-order valence-corrected chi connectivity index (χ3v) is 2.47. The molecule has 0 atom stereocenters. The van der Waals surface area contributed by atoms with Crippen LogP contribution in [0.4, 0.5) is 17.2 Å². The number of aromatic nitrogens is 1. The fraction of sp³-hybridized carbons (Fsp3) is 0.154. The zero-order chi connectivity index (χ0) is 13.0. The van der Waals surface area contributed by atoms with Crippen molar-refractivity contribution >= 4 is 17.2 Å². The minimum absolute atomic E-state index is 0.488. The Morgan fingerprint density at radius 3 is 2.56 bits per heavy atom. The van der Waals surface area contributed by atoms with Gasteiger partial charge in [0.05, 0.1) is 31.8 Å². The molecule has 0 amide bonds. The molecule has 0 spiro atoms. The smallest absolute Gasteiger partial charge is 0.145 e. The molecule has 1 heterocycles. The SMILES string of the molecule is COc1ccc(Nc2ccc(N)nc2)c(OC)c1. The van der Waals surface area contributed by atoms with Crippen molar-refractivity contribution in [3.05, 3.63) is 36.5 Å². The van der Waals surface area contributed by atoms with Crippen LogP contribution in [-0.2, 0) is 0 Å². The maximum atomic E-state index is 5.53. The first kappa shape index (κ1) is 12.0. The molecule has 3 N–H and O–H groups in total. The average Bonchev–Trinajstić information content (AvgIpc) is 2.41. The van der Waals surface area contributed by atoms with Crippen LogP contribution < -0.4 is 20.5 Å². The van der Waals surface area contributed by atoms with Gasteiger partial charge in [-0.1, -0.05) is 0 Å². The van der Waals surface area contributed by atoms with Crippen molar-refractivity contribution in [1.29, 1.82) is 0 Å². The van der Waals surface area contributed by atoms with E-state index in [1.54, 1.807) is 26.5 Å². The van der Waals surface area contributed by atoms with Crippen LogP contribution in [0.2, 0.25) is 0 Å². The summed E-state index contributed by atoms with van der Waals surface area (Å²) < 4.78 is 10.4. The second-order valence-electron chi connectivity index (χ2n) is 3.66. The average molecular weight is 245 g/mol. The Bertz CT molecular complexity index is 526. The van der Waals surface area contributed by atoms with Crippen molar-refractivity contribution in [3.8, 4) is 11.5 Å². The fourth-order valence-electron chi connectivity index (χ4n) is 1.54. The zero-order valence-electron chi connectivity index (χ0n) is 10.3. The molecule has 1 aromatic carbocycles. The van der Waals surface area contributed by atoms with Crippen LogP contribution in [0.1, 0.15) is 0 Å². The number of pyridine rings is 1. The summed E-state index contributed by atoms with van der Waals surface area (Å²) in [6.45, 7) is 0. The molecule has 0 unspecified atom stereocenters. The Morgan fingerprint density at radius 2 is 1.94 bits per heavy atom. The van der Waals surface area contributed by atoms with Crippen molar-refractivity contribution in [2.24, 2.45) is 0 Å². The van der Waals surface area contributed by atoms with Gasteiger partial charge in [-0.05, 0) is 24.3 Å². The first-order valence-corrected chi connectivity index (χ1v) is 5.43. The summed E-state index contributed by atoms with van der Waals surface area (Å²) in [5.74, 6) is 1.93. The molecule has 5 heteroatoms. The van der Waals surface area contributed by atoms with Gasteiger partial charge in [-0.3, -0.25) is 0 Å². The summed E-state index contributed by atoms with van der Waals surface area (Å²) >= 11 is 0. The van der Waals surface area contributed by atoms with Crippen molar-refractivity contribution < 1.29 is 9.47 Å². The molecule has 0 saturated carbocycles. The molecular formula is C13H15N3O2. The largest absolute Gasteiger partial charge is 0.497 e. The van der Waals surface area contributed by atoms with Crippen LogP contribution in [0.15, 0.2) is 36.5 Å². The molecule has 2 aromatic rings. The Morgan fingerprint density at radius 1 is 1.11 bits per heavy atom. The lowest BCUT2D eigenvalue weighted by atomic mass is 10.2. The topological polar surface area (TPSA) is 69.4 Å². The monoisotopic (exact) mass is 245 g/mol. The fourth-order valence-corrected chi connectivity index (χ4v) is 1.54. The molecular weight excluding hydrogens is 230 g/mol. The Kier molecular flexibility index (Phi) is 3.52.